The zero-order chi connectivity index (χ0) is 13.8. The molecule has 0 radical (unpaired) electrons. The summed E-state index contributed by atoms with van der Waals surface area (Å²) in [5.41, 5.74) is 3.18. The smallest absolute Gasteiger partial charge is 0.254 e. The number of nitrogens with zero attached hydrogens (tertiary/aromatic N) is 1. The molecule has 0 aromatic heterocycles. The molecule has 1 aromatic carbocycles. The zero-order valence-electron chi connectivity index (χ0n) is 11.8. The van der Waals surface area contributed by atoms with Crippen LogP contribution in [0.15, 0.2) is 18.2 Å². The highest BCUT2D eigenvalue weighted by Crippen LogP contribution is 2.25. The molecule has 1 fully saturated rings. The molecule has 1 aliphatic heterocycles. The van der Waals surface area contributed by atoms with Gasteiger partial charge in [-0.2, -0.15) is 0 Å². The molecule has 104 valence electrons. The van der Waals surface area contributed by atoms with Crippen LogP contribution in [0, 0.1) is 13.8 Å². The summed E-state index contributed by atoms with van der Waals surface area (Å²) in [6.07, 6.45) is 4.55. The Labute approximate surface area is 124 Å². The molecule has 0 spiro atoms. The van der Waals surface area contributed by atoms with Crippen molar-refractivity contribution in [1.82, 2.24) is 4.90 Å². The van der Waals surface area contributed by atoms with Gasteiger partial charge in [-0.3, -0.25) is 4.79 Å². The Balaban J connectivity index is 2.13. The van der Waals surface area contributed by atoms with Crippen LogP contribution in [0.25, 0.3) is 0 Å². The van der Waals surface area contributed by atoms with E-state index in [1.54, 1.807) is 0 Å². The van der Waals surface area contributed by atoms with Gasteiger partial charge in [0.25, 0.3) is 5.91 Å². The number of carbonyl (C=O) groups is 1. The molecule has 1 heterocycles. The van der Waals surface area contributed by atoms with E-state index < -0.39 is 0 Å². The Hall–Kier alpha value is -0.830. The van der Waals surface area contributed by atoms with E-state index in [1.807, 2.05) is 19.1 Å². The van der Waals surface area contributed by atoms with Crippen LogP contribution in [-0.2, 0) is 0 Å². The van der Waals surface area contributed by atoms with Gasteiger partial charge in [0.2, 0.25) is 0 Å². The van der Waals surface area contributed by atoms with Crippen molar-refractivity contribution in [2.45, 2.75) is 45.6 Å². The summed E-state index contributed by atoms with van der Waals surface area (Å²) in [7, 11) is 0. The molecule has 0 bridgehead atoms. The van der Waals surface area contributed by atoms with Gasteiger partial charge in [-0.05, 0) is 51.2 Å². The van der Waals surface area contributed by atoms with Crippen molar-refractivity contribution in [3.05, 3.63) is 34.9 Å². The molecule has 3 heteroatoms. The van der Waals surface area contributed by atoms with Gasteiger partial charge in [-0.15, -0.1) is 0 Å². The maximum atomic E-state index is 12.7. The van der Waals surface area contributed by atoms with Crippen molar-refractivity contribution >= 4 is 21.8 Å². The van der Waals surface area contributed by atoms with Crippen molar-refractivity contribution < 1.29 is 4.79 Å². The number of alkyl halides is 1. The van der Waals surface area contributed by atoms with E-state index in [2.05, 4.69) is 33.8 Å². The van der Waals surface area contributed by atoms with Crippen molar-refractivity contribution in [1.29, 1.82) is 0 Å². The summed E-state index contributed by atoms with van der Waals surface area (Å²) in [6, 6.07) is 6.54. The molecular weight excluding hydrogens is 302 g/mol. The van der Waals surface area contributed by atoms with Crippen molar-refractivity contribution in [3.63, 3.8) is 0 Å². The number of benzene rings is 1. The molecule has 1 atom stereocenters. The molecule has 0 aliphatic carbocycles. The maximum Gasteiger partial charge on any atom is 0.254 e. The number of carbonyl (C=O) groups excluding carboxylic acids is 1. The third kappa shape index (κ3) is 3.38. The summed E-state index contributed by atoms with van der Waals surface area (Å²) >= 11 is 3.47. The Morgan fingerprint density at radius 3 is 2.89 bits per heavy atom. The summed E-state index contributed by atoms with van der Waals surface area (Å²) in [6.45, 7) is 5.01. The predicted octanol–water partition coefficient (Wildman–Crippen LogP) is 4.08. The normalized spacial score (nSPS) is 18.9. The van der Waals surface area contributed by atoms with Crippen LogP contribution in [0.1, 0.15) is 47.2 Å². The first-order chi connectivity index (χ1) is 9.13. The standard InChI is InChI=1S/C16H22BrNO/c1-12-7-8-15(13(2)11-12)16(19)18-10-4-6-14(18)5-3-9-17/h7-8,11,14H,3-6,9-10H2,1-2H3. The first-order valence-electron chi connectivity index (χ1n) is 7.07. The van der Waals surface area contributed by atoms with Gasteiger partial charge < -0.3 is 4.90 Å². The lowest BCUT2D eigenvalue weighted by molar-refractivity contribution is 0.0729. The number of aryl methyl sites for hydroxylation is 2. The number of halogens is 1. The van der Waals surface area contributed by atoms with Gasteiger partial charge in [0, 0.05) is 23.5 Å². The van der Waals surface area contributed by atoms with Crippen LogP contribution in [0.4, 0.5) is 0 Å². The first kappa shape index (κ1) is 14.6. The summed E-state index contributed by atoms with van der Waals surface area (Å²) in [5, 5.41) is 1.02. The Morgan fingerprint density at radius 2 is 2.21 bits per heavy atom. The Kier molecular flexibility index (Phi) is 5.03. The molecule has 1 amide bonds. The third-order valence-electron chi connectivity index (χ3n) is 3.92. The molecule has 1 aromatic rings. The van der Waals surface area contributed by atoms with Gasteiger partial charge >= 0.3 is 0 Å². The minimum absolute atomic E-state index is 0.217. The van der Waals surface area contributed by atoms with Gasteiger partial charge in [0.15, 0.2) is 0 Å². The molecule has 1 unspecified atom stereocenters. The molecule has 2 rings (SSSR count). The van der Waals surface area contributed by atoms with Crippen LogP contribution in [0.2, 0.25) is 0 Å². The average molecular weight is 324 g/mol. The molecule has 19 heavy (non-hydrogen) atoms. The van der Waals surface area contributed by atoms with Crippen LogP contribution in [-0.4, -0.2) is 28.7 Å². The molecule has 1 saturated heterocycles. The van der Waals surface area contributed by atoms with E-state index in [4.69, 9.17) is 0 Å². The lowest BCUT2D eigenvalue weighted by Gasteiger charge is -2.25. The van der Waals surface area contributed by atoms with Crippen molar-refractivity contribution in [2.24, 2.45) is 0 Å². The summed E-state index contributed by atoms with van der Waals surface area (Å²) in [4.78, 5) is 14.8. The third-order valence-corrected chi connectivity index (χ3v) is 4.48. The van der Waals surface area contributed by atoms with Gasteiger partial charge in [-0.1, -0.05) is 33.6 Å². The Morgan fingerprint density at radius 1 is 1.42 bits per heavy atom. The van der Waals surface area contributed by atoms with Gasteiger partial charge in [0.1, 0.15) is 0 Å². The average Bonchev–Trinajstić information content (AvgIpc) is 2.83. The largest absolute Gasteiger partial charge is 0.336 e. The van der Waals surface area contributed by atoms with E-state index in [-0.39, 0.29) is 5.91 Å². The van der Waals surface area contributed by atoms with Crippen LogP contribution >= 0.6 is 15.9 Å². The second-order valence-corrected chi connectivity index (χ2v) is 6.24. The van der Waals surface area contributed by atoms with E-state index in [1.165, 1.54) is 5.56 Å². The molecule has 1 aliphatic rings. The first-order valence-corrected chi connectivity index (χ1v) is 8.20. The topological polar surface area (TPSA) is 20.3 Å². The Bertz CT molecular complexity index is 458. The number of likely N-dealkylation sites (tertiary alicyclic amines) is 1. The lowest BCUT2D eigenvalue weighted by Crippen LogP contribution is -2.35. The van der Waals surface area contributed by atoms with Crippen molar-refractivity contribution in [2.75, 3.05) is 11.9 Å². The van der Waals surface area contributed by atoms with E-state index >= 15 is 0 Å². The fraction of sp³-hybridized carbons (Fsp3) is 0.562. The molecular formula is C16H22BrNO. The fourth-order valence-corrected chi connectivity index (χ4v) is 3.25. The van der Waals surface area contributed by atoms with Crippen LogP contribution in [0.3, 0.4) is 0 Å². The van der Waals surface area contributed by atoms with Crippen LogP contribution < -0.4 is 0 Å². The SMILES string of the molecule is Cc1ccc(C(=O)N2CCCC2CCCBr)c(C)c1. The number of rotatable bonds is 4. The van der Waals surface area contributed by atoms with Crippen LogP contribution in [0.5, 0.6) is 0 Å². The summed E-state index contributed by atoms with van der Waals surface area (Å²) < 4.78 is 0. The van der Waals surface area contributed by atoms with E-state index in [9.17, 15) is 4.79 Å². The summed E-state index contributed by atoms with van der Waals surface area (Å²) in [5.74, 6) is 0.217. The maximum absolute atomic E-state index is 12.7. The second kappa shape index (κ2) is 6.56. The van der Waals surface area contributed by atoms with Gasteiger partial charge in [-0.25, -0.2) is 0 Å². The van der Waals surface area contributed by atoms with E-state index in [0.29, 0.717) is 6.04 Å². The second-order valence-electron chi connectivity index (χ2n) is 5.44. The number of amides is 1. The monoisotopic (exact) mass is 323 g/mol. The highest BCUT2D eigenvalue weighted by molar-refractivity contribution is 9.09. The van der Waals surface area contributed by atoms with Gasteiger partial charge in [0.05, 0.1) is 0 Å². The molecule has 0 saturated carbocycles. The number of hydrogen-bond acceptors (Lipinski definition) is 1. The quantitative estimate of drug-likeness (QED) is 0.764. The fourth-order valence-electron chi connectivity index (χ4n) is 2.92. The highest BCUT2D eigenvalue weighted by Gasteiger charge is 2.29. The predicted molar refractivity (Wildman–Crippen MR) is 83.0 cm³/mol. The lowest BCUT2D eigenvalue weighted by atomic mass is 10.0. The highest BCUT2D eigenvalue weighted by atomic mass is 79.9. The number of hydrogen-bond donors (Lipinski definition) is 0. The molecule has 0 N–H and O–H groups in total. The van der Waals surface area contributed by atoms with Crippen molar-refractivity contribution in [3.8, 4) is 0 Å². The minimum atomic E-state index is 0.217. The van der Waals surface area contributed by atoms with E-state index in [0.717, 1.165) is 48.7 Å². The zero-order valence-corrected chi connectivity index (χ0v) is 13.4. The molecule has 2 nitrogen and oxygen atoms in total. The minimum Gasteiger partial charge on any atom is -0.336 e.